The number of rotatable bonds is 3. The van der Waals surface area contributed by atoms with Crippen molar-refractivity contribution in [3.05, 3.63) is 35.4 Å². The van der Waals surface area contributed by atoms with Crippen LogP contribution in [0.15, 0.2) is 24.3 Å². The van der Waals surface area contributed by atoms with Gasteiger partial charge in [-0.15, -0.1) is 0 Å². The first-order valence-corrected chi connectivity index (χ1v) is 8.25. The summed E-state index contributed by atoms with van der Waals surface area (Å²) in [7, 11) is 0. The lowest BCUT2D eigenvalue weighted by Crippen LogP contribution is -2.29. The first-order chi connectivity index (χ1) is 10.3. The Bertz CT molecular complexity index is 498. The molecule has 0 aromatic heterocycles. The van der Waals surface area contributed by atoms with Crippen LogP contribution in [0.3, 0.4) is 0 Å². The maximum atomic E-state index is 12.1. The Hall–Kier alpha value is -1.35. The highest BCUT2D eigenvalue weighted by Gasteiger charge is 2.28. The van der Waals surface area contributed by atoms with Crippen LogP contribution in [-0.4, -0.2) is 12.1 Å². The summed E-state index contributed by atoms with van der Waals surface area (Å²) in [6.45, 7) is 10.9. The van der Waals surface area contributed by atoms with E-state index in [1.165, 1.54) is 5.56 Å². The fraction of sp³-hybridized carbons (Fsp3) is 0.632. The fourth-order valence-electron chi connectivity index (χ4n) is 3.04. The molecule has 0 radical (unpaired) electrons. The standard InChI is InChI=1S/C19H28O3/c1-13-6-11-17(14(2)12-13)21-22-18(20)15-7-9-16(10-8-15)19(3,4)5/h7-10,13-14,17H,6,11-12H2,1-5H3. The van der Waals surface area contributed by atoms with Gasteiger partial charge < -0.3 is 0 Å². The molecule has 3 nitrogen and oxygen atoms in total. The van der Waals surface area contributed by atoms with Crippen LogP contribution in [0.2, 0.25) is 0 Å². The SMILES string of the molecule is CC1CCC(OOC(=O)c2ccc(C(C)(C)C)cc2)C(C)C1. The highest BCUT2D eigenvalue weighted by atomic mass is 17.2. The van der Waals surface area contributed by atoms with Gasteiger partial charge in [0.2, 0.25) is 0 Å². The molecule has 1 aliphatic rings. The predicted octanol–water partition coefficient (Wildman–Crippen LogP) is 4.90. The van der Waals surface area contributed by atoms with Crippen molar-refractivity contribution in [2.24, 2.45) is 11.8 Å². The third-order valence-electron chi connectivity index (χ3n) is 4.59. The van der Waals surface area contributed by atoms with Gasteiger partial charge in [0.15, 0.2) is 0 Å². The smallest absolute Gasteiger partial charge is 0.293 e. The van der Waals surface area contributed by atoms with Crippen molar-refractivity contribution in [2.75, 3.05) is 0 Å². The highest BCUT2D eigenvalue weighted by Crippen LogP contribution is 2.31. The van der Waals surface area contributed by atoms with Crippen LogP contribution >= 0.6 is 0 Å². The van der Waals surface area contributed by atoms with E-state index in [1.807, 2.05) is 12.1 Å². The average molecular weight is 304 g/mol. The quantitative estimate of drug-likeness (QED) is 0.588. The zero-order valence-corrected chi connectivity index (χ0v) is 14.4. The molecule has 0 heterocycles. The Labute approximate surface area is 133 Å². The highest BCUT2D eigenvalue weighted by molar-refractivity contribution is 5.88. The van der Waals surface area contributed by atoms with Gasteiger partial charge in [0.1, 0.15) is 6.10 Å². The van der Waals surface area contributed by atoms with E-state index in [9.17, 15) is 4.79 Å². The summed E-state index contributed by atoms with van der Waals surface area (Å²) in [6, 6.07) is 7.56. The van der Waals surface area contributed by atoms with E-state index in [0.717, 1.165) is 25.2 Å². The van der Waals surface area contributed by atoms with Crippen molar-refractivity contribution in [2.45, 2.75) is 65.4 Å². The number of benzene rings is 1. The zero-order chi connectivity index (χ0) is 16.3. The molecule has 1 aromatic rings. The molecular weight excluding hydrogens is 276 g/mol. The van der Waals surface area contributed by atoms with Crippen LogP contribution in [0.4, 0.5) is 0 Å². The largest absolute Gasteiger partial charge is 0.373 e. The van der Waals surface area contributed by atoms with Crippen LogP contribution in [0.5, 0.6) is 0 Å². The summed E-state index contributed by atoms with van der Waals surface area (Å²) in [6.07, 6.45) is 3.24. The lowest BCUT2D eigenvalue weighted by molar-refractivity contribution is -0.290. The average Bonchev–Trinajstić information content (AvgIpc) is 2.45. The minimum Gasteiger partial charge on any atom is -0.293 e. The summed E-state index contributed by atoms with van der Waals surface area (Å²) in [5.74, 6) is 0.751. The molecule has 3 unspecified atom stereocenters. The van der Waals surface area contributed by atoms with Gasteiger partial charge in [-0.25, -0.2) is 4.79 Å². The molecule has 22 heavy (non-hydrogen) atoms. The molecule has 1 aliphatic carbocycles. The number of hydrogen-bond acceptors (Lipinski definition) is 3. The summed E-state index contributed by atoms with van der Waals surface area (Å²) in [4.78, 5) is 22.5. The molecule has 0 amide bonds. The topological polar surface area (TPSA) is 35.5 Å². The van der Waals surface area contributed by atoms with Gasteiger partial charge in [-0.1, -0.05) is 46.8 Å². The van der Waals surface area contributed by atoms with Gasteiger partial charge in [-0.05, 0) is 54.2 Å². The van der Waals surface area contributed by atoms with E-state index < -0.39 is 5.97 Å². The van der Waals surface area contributed by atoms with E-state index >= 15 is 0 Å². The van der Waals surface area contributed by atoms with Gasteiger partial charge in [0, 0.05) is 0 Å². The molecule has 0 saturated heterocycles. The van der Waals surface area contributed by atoms with E-state index in [4.69, 9.17) is 9.78 Å². The number of carbonyl (C=O) groups is 1. The Kier molecular flexibility index (Phi) is 5.28. The van der Waals surface area contributed by atoms with Gasteiger partial charge in [-0.2, -0.15) is 4.89 Å². The van der Waals surface area contributed by atoms with Crippen molar-refractivity contribution in [3.63, 3.8) is 0 Å². The zero-order valence-electron chi connectivity index (χ0n) is 14.4. The molecule has 1 saturated carbocycles. The summed E-state index contributed by atoms with van der Waals surface area (Å²) < 4.78 is 0. The van der Waals surface area contributed by atoms with Crippen LogP contribution in [0, 0.1) is 11.8 Å². The van der Waals surface area contributed by atoms with Crippen molar-refractivity contribution in [3.8, 4) is 0 Å². The number of carbonyl (C=O) groups excluding carboxylic acids is 1. The molecule has 0 aliphatic heterocycles. The molecule has 0 spiro atoms. The monoisotopic (exact) mass is 304 g/mol. The van der Waals surface area contributed by atoms with Crippen molar-refractivity contribution in [1.82, 2.24) is 0 Å². The van der Waals surface area contributed by atoms with Crippen molar-refractivity contribution in [1.29, 1.82) is 0 Å². The van der Waals surface area contributed by atoms with Gasteiger partial charge >= 0.3 is 5.97 Å². The lowest BCUT2D eigenvalue weighted by Gasteiger charge is -2.30. The minimum absolute atomic E-state index is 0.0222. The van der Waals surface area contributed by atoms with Gasteiger partial charge in [0.25, 0.3) is 0 Å². The predicted molar refractivity (Wildman–Crippen MR) is 87.6 cm³/mol. The molecule has 1 fully saturated rings. The Morgan fingerprint density at radius 1 is 1.09 bits per heavy atom. The third-order valence-corrected chi connectivity index (χ3v) is 4.59. The van der Waals surface area contributed by atoms with E-state index in [1.54, 1.807) is 12.1 Å². The summed E-state index contributed by atoms with van der Waals surface area (Å²) in [5.41, 5.74) is 1.80. The van der Waals surface area contributed by atoms with Crippen LogP contribution in [-0.2, 0) is 15.2 Å². The van der Waals surface area contributed by atoms with E-state index in [-0.39, 0.29) is 11.5 Å². The lowest BCUT2D eigenvalue weighted by atomic mass is 9.81. The Morgan fingerprint density at radius 3 is 2.27 bits per heavy atom. The maximum Gasteiger partial charge on any atom is 0.373 e. The minimum atomic E-state index is -0.411. The van der Waals surface area contributed by atoms with Crippen LogP contribution < -0.4 is 0 Å². The molecule has 3 atom stereocenters. The Balaban J connectivity index is 1.90. The Morgan fingerprint density at radius 2 is 1.73 bits per heavy atom. The normalized spacial score (nSPS) is 25.8. The second kappa shape index (κ2) is 6.82. The van der Waals surface area contributed by atoms with Gasteiger partial charge in [0.05, 0.1) is 5.56 Å². The molecule has 0 bridgehead atoms. The number of hydrogen-bond donors (Lipinski definition) is 0. The molecule has 1 aromatic carbocycles. The fourth-order valence-corrected chi connectivity index (χ4v) is 3.04. The molecule has 2 rings (SSSR count). The van der Waals surface area contributed by atoms with Crippen molar-refractivity contribution >= 4 is 5.97 Å². The molecular formula is C19H28O3. The maximum absolute atomic E-state index is 12.1. The van der Waals surface area contributed by atoms with E-state index in [0.29, 0.717) is 11.5 Å². The first kappa shape index (κ1) is 17.0. The molecule has 0 N–H and O–H groups in total. The second-order valence-electron chi connectivity index (χ2n) is 7.73. The summed E-state index contributed by atoms with van der Waals surface area (Å²) in [5, 5.41) is 0. The van der Waals surface area contributed by atoms with Gasteiger partial charge in [-0.3, -0.25) is 4.89 Å². The van der Waals surface area contributed by atoms with Crippen molar-refractivity contribution < 1.29 is 14.6 Å². The molecule has 3 heteroatoms. The molecule has 122 valence electrons. The van der Waals surface area contributed by atoms with Crippen LogP contribution in [0.25, 0.3) is 0 Å². The summed E-state index contributed by atoms with van der Waals surface area (Å²) >= 11 is 0. The van der Waals surface area contributed by atoms with Crippen LogP contribution in [0.1, 0.15) is 69.8 Å². The second-order valence-corrected chi connectivity index (χ2v) is 7.73. The first-order valence-electron chi connectivity index (χ1n) is 8.25. The van der Waals surface area contributed by atoms with E-state index in [2.05, 4.69) is 34.6 Å². The third kappa shape index (κ3) is 4.33.